The molecule has 100 valence electrons. The smallest absolute Gasteiger partial charge is 0.391 e. The van der Waals surface area contributed by atoms with E-state index in [1.807, 2.05) is 0 Å². The van der Waals surface area contributed by atoms with Crippen LogP contribution >= 0.6 is 0 Å². The molecule has 4 nitrogen and oxygen atoms in total. The van der Waals surface area contributed by atoms with Crippen LogP contribution in [0.1, 0.15) is 16.9 Å². The van der Waals surface area contributed by atoms with Gasteiger partial charge in [-0.15, -0.1) is 0 Å². The fourth-order valence-corrected chi connectivity index (χ4v) is 2.03. The second kappa shape index (κ2) is 4.64. The van der Waals surface area contributed by atoms with Crippen molar-refractivity contribution >= 4 is 5.91 Å². The van der Waals surface area contributed by atoms with Gasteiger partial charge >= 0.3 is 6.18 Å². The lowest BCUT2D eigenvalue weighted by molar-refractivity contribution is -0.140. The number of alkyl halides is 3. The summed E-state index contributed by atoms with van der Waals surface area (Å²) in [5.74, 6) is -0.471. The topological polar surface area (TPSA) is 45.5 Å². The summed E-state index contributed by atoms with van der Waals surface area (Å²) in [6.45, 7) is -0.634. The number of β-amino-alcohol motifs (C(OH)–C–C–N with tert-alkyl or cyclic N) is 1. The summed E-state index contributed by atoms with van der Waals surface area (Å²) in [5.41, 5.74) is 0.00132. The second-order valence-corrected chi connectivity index (χ2v) is 4.33. The van der Waals surface area contributed by atoms with E-state index >= 15 is 0 Å². The van der Waals surface area contributed by atoms with Crippen molar-refractivity contribution in [2.45, 2.75) is 25.2 Å². The Labute approximate surface area is 102 Å². The lowest BCUT2D eigenvalue weighted by Gasteiger charge is -2.17. The highest BCUT2D eigenvalue weighted by Gasteiger charge is 2.31. The first-order chi connectivity index (χ1) is 8.37. The molecule has 0 aliphatic carbocycles. The SMILES string of the molecule is O=C(c1cccn1CC(F)(F)F)N1CC[C@H](O)C1. The summed E-state index contributed by atoms with van der Waals surface area (Å²) < 4.78 is 37.8. The van der Waals surface area contributed by atoms with Crippen molar-refractivity contribution in [3.8, 4) is 0 Å². The van der Waals surface area contributed by atoms with Gasteiger partial charge in [-0.1, -0.05) is 0 Å². The predicted octanol–water partition coefficient (Wildman–Crippen LogP) is 1.26. The average Bonchev–Trinajstić information content (AvgIpc) is 2.84. The molecular weight excluding hydrogens is 249 g/mol. The molecule has 0 saturated carbocycles. The van der Waals surface area contributed by atoms with Crippen molar-refractivity contribution in [1.29, 1.82) is 0 Å². The normalized spacial score (nSPS) is 20.4. The third kappa shape index (κ3) is 2.84. The largest absolute Gasteiger partial charge is 0.406 e. The van der Waals surface area contributed by atoms with E-state index in [2.05, 4.69) is 0 Å². The molecule has 1 atom stereocenters. The maximum atomic E-state index is 12.3. The highest BCUT2D eigenvalue weighted by atomic mass is 19.4. The number of carbonyl (C=O) groups is 1. The van der Waals surface area contributed by atoms with Gasteiger partial charge in [0.15, 0.2) is 0 Å². The van der Waals surface area contributed by atoms with Crippen molar-refractivity contribution in [3.05, 3.63) is 24.0 Å². The Morgan fingerprint density at radius 2 is 2.22 bits per heavy atom. The van der Waals surface area contributed by atoms with Crippen molar-refractivity contribution in [1.82, 2.24) is 9.47 Å². The molecule has 0 spiro atoms. The van der Waals surface area contributed by atoms with Crippen LogP contribution in [0.4, 0.5) is 13.2 Å². The molecule has 7 heteroatoms. The molecule has 0 unspecified atom stereocenters. The van der Waals surface area contributed by atoms with Crippen LogP contribution in [-0.4, -0.2) is 45.9 Å². The Hall–Kier alpha value is -1.50. The van der Waals surface area contributed by atoms with E-state index in [1.54, 1.807) is 0 Å². The van der Waals surface area contributed by atoms with Gasteiger partial charge in [-0.25, -0.2) is 0 Å². The maximum absolute atomic E-state index is 12.3. The average molecular weight is 262 g/mol. The van der Waals surface area contributed by atoms with Gasteiger partial charge in [-0.3, -0.25) is 4.79 Å². The van der Waals surface area contributed by atoms with Crippen LogP contribution in [0.3, 0.4) is 0 Å². The molecule has 1 aromatic heterocycles. The van der Waals surface area contributed by atoms with E-state index in [0.717, 1.165) is 4.57 Å². The Morgan fingerprint density at radius 1 is 1.50 bits per heavy atom. The molecule has 1 N–H and O–H groups in total. The maximum Gasteiger partial charge on any atom is 0.406 e. The zero-order valence-electron chi connectivity index (χ0n) is 9.52. The molecule has 1 aromatic rings. The summed E-state index contributed by atoms with van der Waals surface area (Å²) in [4.78, 5) is 13.4. The monoisotopic (exact) mass is 262 g/mol. The minimum atomic E-state index is -4.36. The van der Waals surface area contributed by atoms with Gasteiger partial charge < -0.3 is 14.6 Å². The van der Waals surface area contributed by atoms with E-state index < -0.39 is 24.7 Å². The quantitative estimate of drug-likeness (QED) is 0.872. The molecule has 1 saturated heterocycles. The van der Waals surface area contributed by atoms with Crippen LogP contribution in [0.15, 0.2) is 18.3 Å². The number of nitrogens with zero attached hydrogens (tertiary/aromatic N) is 2. The third-order valence-electron chi connectivity index (χ3n) is 2.85. The number of aromatic nitrogens is 1. The van der Waals surface area contributed by atoms with Crippen LogP contribution in [0.25, 0.3) is 0 Å². The van der Waals surface area contributed by atoms with E-state index in [4.69, 9.17) is 0 Å². The Kier molecular flexibility index (Phi) is 3.34. The van der Waals surface area contributed by atoms with Gasteiger partial charge in [-0.05, 0) is 18.6 Å². The minimum Gasteiger partial charge on any atom is -0.391 e. The van der Waals surface area contributed by atoms with Gasteiger partial charge in [0.1, 0.15) is 12.2 Å². The highest BCUT2D eigenvalue weighted by Crippen LogP contribution is 2.20. The lowest BCUT2D eigenvalue weighted by Crippen LogP contribution is -2.32. The summed E-state index contributed by atoms with van der Waals surface area (Å²) in [7, 11) is 0. The molecule has 2 rings (SSSR count). The van der Waals surface area contributed by atoms with Crippen LogP contribution < -0.4 is 0 Å². The second-order valence-electron chi connectivity index (χ2n) is 4.33. The van der Waals surface area contributed by atoms with Crippen LogP contribution in [0.2, 0.25) is 0 Å². The van der Waals surface area contributed by atoms with Gasteiger partial charge in [0.25, 0.3) is 5.91 Å². The number of rotatable bonds is 2. The van der Waals surface area contributed by atoms with E-state index in [-0.39, 0.29) is 12.2 Å². The number of carbonyl (C=O) groups excluding carboxylic acids is 1. The molecule has 18 heavy (non-hydrogen) atoms. The van der Waals surface area contributed by atoms with Crippen molar-refractivity contribution in [2.75, 3.05) is 13.1 Å². The number of likely N-dealkylation sites (tertiary alicyclic amines) is 1. The van der Waals surface area contributed by atoms with Crippen LogP contribution in [-0.2, 0) is 6.54 Å². The number of amides is 1. The molecular formula is C11H13F3N2O2. The molecule has 1 fully saturated rings. The summed E-state index contributed by atoms with van der Waals surface area (Å²) in [5, 5.41) is 9.32. The standard InChI is InChI=1S/C11H13F3N2O2/c12-11(13,14)7-16-4-1-2-9(16)10(18)15-5-3-8(17)6-15/h1-2,4,8,17H,3,5-7H2/t8-/m0/s1. The van der Waals surface area contributed by atoms with Crippen molar-refractivity contribution < 1.29 is 23.1 Å². The highest BCUT2D eigenvalue weighted by molar-refractivity contribution is 5.93. The van der Waals surface area contributed by atoms with E-state index in [1.165, 1.54) is 23.2 Å². The number of aliphatic hydroxyl groups excluding tert-OH is 1. The predicted molar refractivity (Wildman–Crippen MR) is 57.0 cm³/mol. The summed E-state index contributed by atoms with van der Waals surface area (Å²) in [6, 6.07) is 2.77. The number of hydrogen-bond acceptors (Lipinski definition) is 2. The first kappa shape index (κ1) is 12.9. The van der Waals surface area contributed by atoms with Crippen molar-refractivity contribution in [2.24, 2.45) is 0 Å². The van der Waals surface area contributed by atoms with Gasteiger partial charge in [0, 0.05) is 19.3 Å². The number of aliphatic hydroxyl groups is 1. The Morgan fingerprint density at radius 3 is 2.78 bits per heavy atom. The zero-order valence-corrected chi connectivity index (χ0v) is 9.52. The molecule has 0 aromatic carbocycles. The van der Waals surface area contributed by atoms with Gasteiger partial charge in [0.2, 0.25) is 0 Å². The summed E-state index contributed by atoms with van der Waals surface area (Å²) >= 11 is 0. The molecule has 1 amide bonds. The van der Waals surface area contributed by atoms with E-state index in [0.29, 0.717) is 13.0 Å². The first-order valence-corrected chi connectivity index (χ1v) is 5.56. The van der Waals surface area contributed by atoms with Gasteiger partial charge in [-0.2, -0.15) is 13.2 Å². The Balaban J connectivity index is 2.14. The van der Waals surface area contributed by atoms with Gasteiger partial charge in [0.05, 0.1) is 6.10 Å². The van der Waals surface area contributed by atoms with Crippen molar-refractivity contribution in [3.63, 3.8) is 0 Å². The van der Waals surface area contributed by atoms with E-state index in [9.17, 15) is 23.1 Å². The fraction of sp³-hybridized carbons (Fsp3) is 0.545. The zero-order chi connectivity index (χ0) is 13.3. The number of hydrogen-bond donors (Lipinski definition) is 1. The molecule has 1 aliphatic heterocycles. The summed E-state index contributed by atoms with van der Waals surface area (Å²) in [6.07, 6.45) is -3.25. The third-order valence-corrected chi connectivity index (χ3v) is 2.85. The molecule has 1 aliphatic rings. The first-order valence-electron chi connectivity index (χ1n) is 5.56. The van der Waals surface area contributed by atoms with Crippen LogP contribution in [0, 0.1) is 0 Å². The number of halogens is 3. The Bertz CT molecular complexity index is 442. The molecule has 2 heterocycles. The minimum absolute atomic E-state index is 0.00132. The molecule has 0 radical (unpaired) electrons. The fourth-order valence-electron chi connectivity index (χ4n) is 2.03. The van der Waals surface area contributed by atoms with Crippen LogP contribution in [0.5, 0.6) is 0 Å². The lowest BCUT2D eigenvalue weighted by atomic mass is 10.3. The molecule has 0 bridgehead atoms.